The predicted molar refractivity (Wildman–Crippen MR) is 73.3 cm³/mol. The van der Waals surface area contributed by atoms with E-state index in [0.717, 1.165) is 4.90 Å². The van der Waals surface area contributed by atoms with Crippen molar-refractivity contribution < 1.29 is 9.18 Å². The third-order valence-corrected chi connectivity index (χ3v) is 3.69. The average molecular weight is 270 g/mol. The van der Waals surface area contributed by atoms with E-state index in [1.807, 2.05) is 19.9 Å². The largest absolute Gasteiger partial charge is 0.356 e. The maximum Gasteiger partial charge on any atom is 0.230 e. The zero-order chi connectivity index (χ0) is 13.5. The van der Waals surface area contributed by atoms with Crippen LogP contribution in [-0.4, -0.2) is 25.3 Å². The maximum atomic E-state index is 13.8. The Bertz CT molecular complexity index is 412. The summed E-state index contributed by atoms with van der Waals surface area (Å²) >= 11 is 1.36. The van der Waals surface area contributed by atoms with Crippen molar-refractivity contribution in [3.8, 4) is 0 Å². The molecule has 0 aliphatic rings. The molecule has 5 heteroatoms. The summed E-state index contributed by atoms with van der Waals surface area (Å²) in [7, 11) is 1.79. The van der Waals surface area contributed by atoms with Crippen LogP contribution in [0.25, 0.3) is 0 Å². The number of carbonyl (C=O) groups excluding carboxylic acids is 1. The Labute approximate surface area is 112 Å². The van der Waals surface area contributed by atoms with Crippen molar-refractivity contribution in [2.24, 2.45) is 0 Å². The topological polar surface area (TPSA) is 41.1 Å². The highest BCUT2D eigenvalue weighted by molar-refractivity contribution is 8.00. The van der Waals surface area contributed by atoms with Crippen LogP contribution in [-0.2, 0) is 4.79 Å². The number of hydrogen-bond acceptors (Lipinski definition) is 3. The molecule has 1 unspecified atom stereocenters. The van der Waals surface area contributed by atoms with Crippen molar-refractivity contribution in [1.82, 2.24) is 10.6 Å². The third kappa shape index (κ3) is 3.99. The van der Waals surface area contributed by atoms with Gasteiger partial charge in [0.05, 0.1) is 5.75 Å². The molecule has 1 aromatic rings. The van der Waals surface area contributed by atoms with Crippen LogP contribution in [0.15, 0.2) is 23.1 Å². The summed E-state index contributed by atoms with van der Waals surface area (Å²) in [6.07, 6.45) is 0. The van der Waals surface area contributed by atoms with Crippen LogP contribution in [0.3, 0.4) is 0 Å². The normalized spacial score (nSPS) is 12.2. The second kappa shape index (κ2) is 7.38. The van der Waals surface area contributed by atoms with Gasteiger partial charge in [0.2, 0.25) is 5.91 Å². The quantitative estimate of drug-likeness (QED) is 0.780. The highest BCUT2D eigenvalue weighted by Crippen LogP contribution is 2.29. The van der Waals surface area contributed by atoms with E-state index in [0.29, 0.717) is 17.9 Å². The van der Waals surface area contributed by atoms with Crippen LogP contribution in [0, 0.1) is 5.82 Å². The highest BCUT2D eigenvalue weighted by Gasteiger charge is 2.15. The Hall–Kier alpha value is -1.07. The van der Waals surface area contributed by atoms with Crippen molar-refractivity contribution in [2.75, 3.05) is 19.3 Å². The minimum absolute atomic E-state index is 0.0326. The molecule has 0 saturated carbocycles. The number of amides is 1. The Morgan fingerprint density at radius 3 is 2.83 bits per heavy atom. The van der Waals surface area contributed by atoms with E-state index in [1.54, 1.807) is 13.1 Å². The SMILES string of the molecule is CCNC(=O)CSc1cccc(F)c1C(C)NC. The smallest absolute Gasteiger partial charge is 0.230 e. The molecule has 18 heavy (non-hydrogen) atoms. The van der Waals surface area contributed by atoms with Gasteiger partial charge in [-0.2, -0.15) is 0 Å². The molecular weight excluding hydrogens is 251 g/mol. The number of thioether (sulfide) groups is 1. The van der Waals surface area contributed by atoms with Crippen LogP contribution < -0.4 is 10.6 Å². The first-order chi connectivity index (χ1) is 8.60. The lowest BCUT2D eigenvalue weighted by Gasteiger charge is -2.16. The first-order valence-electron chi connectivity index (χ1n) is 5.95. The molecular formula is C13H19FN2OS. The molecule has 1 aromatic carbocycles. The molecule has 2 N–H and O–H groups in total. The van der Waals surface area contributed by atoms with Gasteiger partial charge in [-0.3, -0.25) is 4.79 Å². The third-order valence-electron chi connectivity index (χ3n) is 2.61. The minimum atomic E-state index is -0.238. The number of halogens is 1. The number of hydrogen-bond donors (Lipinski definition) is 2. The zero-order valence-electron chi connectivity index (χ0n) is 10.9. The van der Waals surface area contributed by atoms with Gasteiger partial charge in [0.25, 0.3) is 0 Å². The fraction of sp³-hybridized carbons (Fsp3) is 0.462. The monoisotopic (exact) mass is 270 g/mol. The van der Waals surface area contributed by atoms with E-state index in [1.165, 1.54) is 17.8 Å². The fourth-order valence-electron chi connectivity index (χ4n) is 1.60. The van der Waals surface area contributed by atoms with Gasteiger partial charge in [-0.1, -0.05) is 6.07 Å². The Kier molecular flexibility index (Phi) is 6.15. The summed E-state index contributed by atoms with van der Waals surface area (Å²) < 4.78 is 13.8. The molecule has 0 radical (unpaired) electrons. The molecule has 0 saturated heterocycles. The summed E-state index contributed by atoms with van der Waals surface area (Å²) in [6.45, 7) is 4.39. The highest BCUT2D eigenvalue weighted by atomic mass is 32.2. The van der Waals surface area contributed by atoms with Crippen molar-refractivity contribution in [3.63, 3.8) is 0 Å². The lowest BCUT2D eigenvalue weighted by Crippen LogP contribution is -2.24. The average Bonchev–Trinajstić information content (AvgIpc) is 2.36. The molecule has 100 valence electrons. The van der Waals surface area contributed by atoms with Crippen molar-refractivity contribution in [3.05, 3.63) is 29.6 Å². The lowest BCUT2D eigenvalue weighted by molar-refractivity contribution is -0.118. The standard InChI is InChI=1S/C13H19FN2OS/c1-4-16-12(17)8-18-11-7-5-6-10(14)13(11)9(2)15-3/h5-7,9,15H,4,8H2,1-3H3,(H,16,17). The number of nitrogens with one attached hydrogen (secondary N) is 2. The minimum Gasteiger partial charge on any atom is -0.356 e. The first-order valence-corrected chi connectivity index (χ1v) is 6.93. The van der Waals surface area contributed by atoms with Gasteiger partial charge < -0.3 is 10.6 Å². The number of carbonyl (C=O) groups is 1. The summed E-state index contributed by atoms with van der Waals surface area (Å²) in [5.41, 5.74) is 0.620. The fourth-order valence-corrected chi connectivity index (χ4v) is 2.59. The second-order valence-corrected chi connectivity index (χ2v) is 4.92. The molecule has 0 aromatic heterocycles. The van der Waals surface area contributed by atoms with Gasteiger partial charge in [0.15, 0.2) is 0 Å². The van der Waals surface area contributed by atoms with Gasteiger partial charge in [-0.15, -0.1) is 11.8 Å². The van der Waals surface area contributed by atoms with Crippen molar-refractivity contribution >= 4 is 17.7 Å². The van der Waals surface area contributed by atoms with Gasteiger partial charge in [0, 0.05) is 23.0 Å². The van der Waals surface area contributed by atoms with Crippen LogP contribution in [0.2, 0.25) is 0 Å². The Morgan fingerprint density at radius 2 is 2.22 bits per heavy atom. The van der Waals surface area contributed by atoms with Crippen molar-refractivity contribution in [1.29, 1.82) is 0 Å². The Balaban J connectivity index is 2.82. The van der Waals surface area contributed by atoms with Gasteiger partial charge in [-0.25, -0.2) is 4.39 Å². The molecule has 1 atom stereocenters. The Morgan fingerprint density at radius 1 is 1.50 bits per heavy atom. The first kappa shape index (κ1) is 15.0. The van der Waals surface area contributed by atoms with E-state index in [4.69, 9.17) is 0 Å². The maximum absolute atomic E-state index is 13.8. The summed E-state index contributed by atoms with van der Waals surface area (Å²) in [6, 6.07) is 4.87. The molecule has 0 bridgehead atoms. The lowest BCUT2D eigenvalue weighted by atomic mass is 10.1. The van der Waals surface area contributed by atoms with E-state index in [-0.39, 0.29) is 17.8 Å². The van der Waals surface area contributed by atoms with Gasteiger partial charge in [-0.05, 0) is 33.0 Å². The van der Waals surface area contributed by atoms with Crippen LogP contribution in [0.1, 0.15) is 25.5 Å². The molecule has 0 spiro atoms. The predicted octanol–water partition coefficient (Wildman–Crippen LogP) is 2.33. The van der Waals surface area contributed by atoms with Crippen LogP contribution in [0.4, 0.5) is 4.39 Å². The zero-order valence-corrected chi connectivity index (χ0v) is 11.7. The number of rotatable bonds is 6. The summed E-state index contributed by atoms with van der Waals surface area (Å²) in [4.78, 5) is 12.2. The van der Waals surface area contributed by atoms with Gasteiger partial charge in [0.1, 0.15) is 5.82 Å². The number of benzene rings is 1. The van der Waals surface area contributed by atoms with E-state index in [9.17, 15) is 9.18 Å². The van der Waals surface area contributed by atoms with Crippen molar-refractivity contribution in [2.45, 2.75) is 24.8 Å². The molecule has 1 amide bonds. The molecule has 3 nitrogen and oxygen atoms in total. The summed E-state index contributed by atoms with van der Waals surface area (Å²) in [5.74, 6) is 0.0355. The molecule has 0 aliphatic heterocycles. The molecule has 0 fully saturated rings. The molecule has 0 heterocycles. The van der Waals surface area contributed by atoms with Crippen LogP contribution >= 0.6 is 11.8 Å². The molecule has 0 aliphatic carbocycles. The van der Waals surface area contributed by atoms with Gasteiger partial charge >= 0.3 is 0 Å². The van der Waals surface area contributed by atoms with E-state index in [2.05, 4.69) is 10.6 Å². The summed E-state index contributed by atoms with van der Waals surface area (Å²) in [5, 5.41) is 5.75. The second-order valence-electron chi connectivity index (χ2n) is 3.90. The van der Waals surface area contributed by atoms with E-state index >= 15 is 0 Å². The molecule has 1 rings (SSSR count). The van der Waals surface area contributed by atoms with Crippen LogP contribution in [0.5, 0.6) is 0 Å². The van der Waals surface area contributed by atoms with E-state index < -0.39 is 0 Å².